The first-order valence-electron chi connectivity index (χ1n) is 6.40. The van der Waals surface area contributed by atoms with E-state index in [1.54, 1.807) is 12.1 Å². The zero-order valence-corrected chi connectivity index (χ0v) is 12.1. The van der Waals surface area contributed by atoms with Crippen molar-refractivity contribution in [3.05, 3.63) is 24.3 Å². The van der Waals surface area contributed by atoms with E-state index in [1.807, 2.05) is 13.8 Å². The number of hydrogen-bond acceptors (Lipinski definition) is 4. The maximum atomic E-state index is 11.9. The Morgan fingerprint density at radius 3 is 2.42 bits per heavy atom. The van der Waals surface area contributed by atoms with Crippen LogP contribution in [0.5, 0.6) is 5.75 Å². The summed E-state index contributed by atoms with van der Waals surface area (Å²) in [5.74, 6) is 0.632. The van der Waals surface area contributed by atoms with Crippen LogP contribution in [0, 0.1) is 0 Å². The van der Waals surface area contributed by atoms with E-state index >= 15 is 0 Å². The van der Waals surface area contributed by atoms with Crippen LogP contribution in [0.15, 0.2) is 29.2 Å². The summed E-state index contributed by atoms with van der Waals surface area (Å²) >= 11 is 0. The lowest BCUT2D eigenvalue weighted by atomic mass is 10.2. The Balaban J connectivity index is 2.66. The van der Waals surface area contributed by atoms with Gasteiger partial charge < -0.3 is 9.84 Å². The number of aliphatic hydroxyl groups is 1. The van der Waals surface area contributed by atoms with Crippen molar-refractivity contribution in [2.75, 3.05) is 13.2 Å². The van der Waals surface area contributed by atoms with Crippen molar-refractivity contribution in [3.8, 4) is 5.75 Å². The van der Waals surface area contributed by atoms with Crippen molar-refractivity contribution in [2.45, 2.75) is 37.7 Å². The molecule has 6 heteroatoms. The molecule has 0 saturated carbocycles. The lowest BCUT2D eigenvalue weighted by Gasteiger charge is -2.11. The van der Waals surface area contributed by atoms with Crippen molar-refractivity contribution >= 4 is 10.0 Å². The minimum atomic E-state index is -3.57. The Hall–Kier alpha value is -1.11. The summed E-state index contributed by atoms with van der Waals surface area (Å²) in [6, 6.07) is 6.19. The van der Waals surface area contributed by atoms with Crippen molar-refractivity contribution in [2.24, 2.45) is 0 Å². The summed E-state index contributed by atoms with van der Waals surface area (Å²) < 4.78 is 31.5. The van der Waals surface area contributed by atoms with Gasteiger partial charge >= 0.3 is 0 Å². The Bertz CT molecular complexity index is 470. The van der Waals surface area contributed by atoms with Crippen LogP contribution >= 0.6 is 0 Å². The summed E-state index contributed by atoms with van der Waals surface area (Å²) in [5.41, 5.74) is 0. The number of ether oxygens (including phenoxy) is 1. The van der Waals surface area contributed by atoms with Gasteiger partial charge in [-0.3, -0.25) is 0 Å². The van der Waals surface area contributed by atoms with E-state index in [4.69, 9.17) is 4.74 Å². The zero-order chi connectivity index (χ0) is 14.3. The first kappa shape index (κ1) is 15.9. The van der Waals surface area contributed by atoms with Gasteiger partial charge in [0.2, 0.25) is 10.0 Å². The molecule has 5 nitrogen and oxygen atoms in total. The highest BCUT2D eigenvalue weighted by Gasteiger charge is 2.15. The minimum Gasteiger partial charge on any atom is -0.494 e. The molecule has 1 atom stereocenters. The second kappa shape index (κ2) is 7.47. The van der Waals surface area contributed by atoms with Crippen LogP contribution < -0.4 is 9.46 Å². The number of aliphatic hydroxyl groups excluding tert-OH is 1. The van der Waals surface area contributed by atoms with Gasteiger partial charge in [0.05, 0.1) is 17.6 Å². The molecule has 0 amide bonds. The average Bonchev–Trinajstić information content (AvgIpc) is 2.38. The Labute approximate surface area is 114 Å². The first-order valence-corrected chi connectivity index (χ1v) is 7.88. The maximum Gasteiger partial charge on any atom is 0.240 e. The molecule has 0 aliphatic heterocycles. The highest BCUT2D eigenvalue weighted by molar-refractivity contribution is 7.89. The van der Waals surface area contributed by atoms with Gasteiger partial charge in [0.15, 0.2) is 0 Å². The van der Waals surface area contributed by atoms with Gasteiger partial charge in [-0.05, 0) is 37.6 Å². The average molecular weight is 287 g/mol. The lowest BCUT2D eigenvalue weighted by Crippen LogP contribution is -2.32. The van der Waals surface area contributed by atoms with Crippen LogP contribution in [0.4, 0.5) is 0 Å². The third kappa shape index (κ3) is 5.18. The Morgan fingerprint density at radius 1 is 1.26 bits per heavy atom. The first-order chi connectivity index (χ1) is 8.99. The van der Waals surface area contributed by atoms with Gasteiger partial charge in [-0.1, -0.05) is 13.3 Å². The molecular weight excluding hydrogens is 266 g/mol. The van der Waals surface area contributed by atoms with E-state index in [0.717, 1.165) is 6.42 Å². The van der Waals surface area contributed by atoms with Gasteiger partial charge in [-0.25, -0.2) is 13.1 Å². The molecule has 0 saturated heterocycles. The monoisotopic (exact) mass is 287 g/mol. The zero-order valence-electron chi connectivity index (χ0n) is 11.3. The molecule has 1 unspecified atom stereocenters. The molecule has 0 spiro atoms. The SMILES string of the molecule is CCCC(O)CNS(=O)(=O)c1ccc(OCC)cc1. The van der Waals surface area contributed by atoms with E-state index in [1.165, 1.54) is 12.1 Å². The number of hydrogen-bond donors (Lipinski definition) is 2. The molecule has 1 aromatic rings. The molecule has 0 radical (unpaired) electrons. The fraction of sp³-hybridized carbons (Fsp3) is 0.538. The normalized spacial score (nSPS) is 13.2. The third-order valence-corrected chi connectivity index (χ3v) is 4.02. The van der Waals surface area contributed by atoms with Gasteiger partial charge in [-0.15, -0.1) is 0 Å². The minimum absolute atomic E-state index is 0.0311. The van der Waals surface area contributed by atoms with Gasteiger partial charge in [0.1, 0.15) is 5.75 Å². The molecule has 0 bridgehead atoms. The van der Waals surface area contributed by atoms with Gasteiger partial charge in [0.25, 0.3) is 0 Å². The topological polar surface area (TPSA) is 75.6 Å². The molecule has 2 N–H and O–H groups in total. The fourth-order valence-corrected chi connectivity index (χ4v) is 2.68. The molecule has 0 fully saturated rings. The summed E-state index contributed by atoms with van der Waals surface area (Å²) in [7, 11) is -3.57. The van der Waals surface area contributed by atoms with E-state index in [9.17, 15) is 13.5 Å². The number of sulfonamides is 1. The molecule has 0 aliphatic carbocycles. The molecule has 0 heterocycles. The number of rotatable bonds is 8. The predicted molar refractivity (Wildman–Crippen MR) is 73.7 cm³/mol. The van der Waals surface area contributed by atoms with E-state index in [0.29, 0.717) is 18.8 Å². The molecule has 0 aliphatic rings. The van der Waals surface area contributed by atoms with Gasteiger partial charge in [0, 0.05) is 6.54 Å². The summed E-state index contributed by atoms with van der Waals surface area (Å²) in [6.45, 7) is 4.36. The van der Waals surface area contributed by atoms with Crippen LogP contribution in [-0.4, -0.2) is 32.8 Å². The second-order valence-corrected chi connectivity index (χ2v) is 5.97. The largest absolute Gasteiger partial charge is 0.494 e. The van der Waals surface area contributed by atoms with Crippen molar-refractivity contribution < 1.29 is 18.3 Å². The number of benzene rings is 1. The van der Waals surface area contributed by atoms with Crippen molar-refractivity contribution in [3.63, 3.8) is 0 Å². The van der Waals surface area contributed by atoms with Crippen LogP contribution in [0.3, 0.4) is 0 Å². The number of nitrogens with one attached hydrogen (secondary N) is 1. The van der Waals surface area contributed by atoms with Crippen LogP contribution in [-0.2, 0) is 10.0 Å². The fourth-order valence-electron chi connectivity index (χ4n) is 1.61. The van der Waals surface area contributed by atoms with E-state index in [2.05, 4.69) is 4.72 Å². The predicted octanol–water partition coefficient (Wildman–Crippen LogP) is 1.52. The van der Waals surface area contributed by atoms with E-state index in [-0.39, 0.29) is 11.4 Å². The standard InChI is InChI=1S/C13H21NO4S/c1-3-5-11(15)10-14-19(16,17)13-8-6-12(7-9-13)18-4-2/h6-9,11,14-15H,3-5,10H2,1-2H3. The molecule has 19 heavy (non-hydrogen) atoms. The third-order valence-electron chi connectivity index (χ3n) is 2.58. The molecule has 1 rings (SSSR count). The van der Waals surface area contributed by atoms with Gasteiger partial charge in [-0.2, -0.15) is 0 Å². The Morgan fingerprint density at radius 2 is 1.89 bits per heavy atom. The summed E-state index contributed by atoms with van der Waals surface area (Å²) in [5, 5.41) is 9.53. The molecule has 1 aromatic carbocycles. The lowest BCUT2D eigenvalue weighted by molar-refractivity contribution is 0.167. The van der Waals surface area contributed by atoms with Crippen LogP contribution in [0.25, 0.3) is 0 Å². The molecule has 0 aromatic heterocycles. The summed E-state index contributed by atoms with van der Waals surface area (Å²) in [4.78, 5) is 0.166. The smallest absolute Gasteiger partial charge is 0.240 e. The molecule has 108 valence electrons. The van der Waals surface area contributed by atoms with Crippen molar-refractivity contribution in [1.82, 2.24) is 4.72 Å². The van der Waals surface area contributed by atoms with Crippen molar-refractivity contribution in [1.29, 1.82) is 0 Å². The second-order valence-electron chi connectivity index (χ2n) is 4.20. The van der Waals surface area contributed by atoms with Crippen LogP contribution in [0.2, 0.25) is 0 Å². The highest BCUT2D eigenvalue weighted by atomic mass is 32.2. The maximum absolute atomic E-state index is 11.9. The quantitative estimate of drug-likeness (QED) is 0.760. The van der Waals surface area contributed by atoms with E-state index < -0.39 is 16.1 Å². The summed E-state index contributed by atoms with van der Waals surface area (Å²) in [6.07, 6.45) is 0.736. The molecular formula is C13H21NO4S. The highest BCUT2D eigenvalue weighted by Crippen LogP contribution is 2.15. The van der Waals surface area contributed by atoms with Crippen LogP contribution in [0.1, 0.15) is 26.7 Å². The Kier molecular flexibility index (Phi) is 6.27.